The lowest BCUT2D eigenvalue weighted by Gasteiger charge is -2.10. The summed E-state index contributed by atoms with van der Waals surface area (Å²) >= 11 is 1.62. The van der Waals surface area contributed by atoms with Gasteiger partial charge < -0.3 is 15.4 Å². The van der Waals surface area contributed by atoms with Crippen LogP contribution in [0.4, 0.5) is 5.82 Å². The van der Waals surface area contributed by atoms with Gasteiger partial charge >= 0.3 is 0 Å². The van der Waals surface area contributed by atoms with Gasteiger partial charge in [-0.3, -0.25) is 0 Å². The first-order valence-electron chi connectivity index (χ1n) is 4.57. The number of anilines is 1. The molecule has 0 aliphatic rings. The monoisotopic (exact) mass is 228 g/mol. The molecule has 84 valence electrons. The van der Waals surface area contributed by atoms with E-state index in [1.54, 1.807) is 18.9 Å². The van der Waals surface area contributed by atoms with Crippen molar-refractivity contribution in [3.05, 3.63) is 6.33 Å². The molecule has 2 N–H and O–H groups in total. The molecule has 0 aromatic carbocycles. The van der Waals surface area contributed by atoms with Crippen molar-refractivity contribution in [2.75, 3.05) is 39.2 Å². The molecule has 0 saturated carbocycles. The summed E-state index contributed by atoms with van der Waals surface area (Å²) in [7, 11) is 5.64. The van der Waals surface area contributed by atoms with Crippen LogP contribution in [0.15, 0.2) is 11.4 Å². The predicted molar refractivity (Wildman–Crippen MR) is 62.3 cm³/mol. The van der Waals surface area contributed by atoms with E-state index in [9.17, 15) is 0 Å². The minimum atomic E-state index is 0.389. The molecule has 1 heterocycles. The first-order chi connectivity index (χ1) is 7.15. The normalized spacial score (nSPS) is 10.7. The van der Waals surface area contributed by atoms with E-state index in [2.05, 4.69) is 14.9 Å². The number of methoxy groups -OCH3 is 1. The summed E-state index contributed by atoms with van der Waals surface area (Å²) in [5, 5.41) is 0.798. The second-order valence-corrected chi connectivity index (χ2v) is 4.33. The Kier molecular flexibility index (Phi) is 4.64. The molecule has 0 aliphatic carbocycles. The number of thioether (sulfide) groups is 1. The fourth-order valence-electron chi connectivity index (χ4n) is 0.990. The van der Waals surface area contributed by atoms with Crippen molar-refractivity contribution in [1.29, 1.82) is 0 Å². The van der Waals surface area contributed by atoms with Crippen molar-refractivity contribution in [2.45, 2.75) is 5.03 Å². The van der Waals surface area contributed by atoms with E-state index in [4.69, 9.17) is 10.5 Å². The Labute approximate surface area is 94.0 Å². The maximum absolute atomic E-state index is 5.66. The van der Waals surface area contributed by atoms with Crippen molar-refractivity contribution in [3.63, 3.8) is 0 Å². The summed E-state index contributed by atoms with van der Waals surface area (Å²) < 4.78 is 5.15. The molecule has 1 rings (SSSR count). The van der Waals surface area contributed by atoms with E-state index in [-0.39, 0.29) is 0 Å². The van der Waals surface area contributed by atoms with E-state index >= 15 is 0 Å². The molecule has 6 heteroatoms. The van der Waals surface area contributed by atoms with Crippen molar-refractivity contribution in [2.24, 2.45) is 0 Å². The van der Waals surface area contributed by atoms with E-state index in [0.29, 0.717) is 11.6 Å². The molecule has 0 bridgehead atoms. The lowest BCUT2D eigenvalue weighted by atomic mass is 10.5. The average molecular weight is 228 g/mol. The molecule has 1 aromatic rings. The Hall–Kier alpha value is -1.01. The topological polar surface area (TPSA) is 64.3 Å². The van der Waals surface area contributed by atoms with Gasteiger partial charge in [-0.1, -0.05) is 0 Å². The van der Waals surface area contributed by atoms with Crippen LogP contribution in [0, 0.1) is 0 Å². The molecule has 0 radical (unpaired) electrons. The number of aromatic nitrogens is 2. The molecule has 0 aliphatic heterocycles. The third kappa shape index (κ3) is 3.56. The Morgan fingerprint density at radius 2 is 2.20 bits per heavy atom. The summed E-state index contributed by atoms with van der Waals surface area (Å²) in [4.78, 5) is 10.1. The Morgan fingerprint density at radius 3 is 2.80 bits per heavy atom. The number of hydrogen-bond acceptors (Lipinski definition) is 6. The lowest BCUT2D eigenvalue weighted by Crippen LogP contribution is -2.15. The van der Waals surface area contributed by atoms with Crippen molar-refractivity contribution >= 4 is 17.6 Å². The lowest BCUT2D eigenvalue weighted by molar-refractivity contribution is 0.400. The van der Waals surface area contributed by atoms with Gasteiger partial charge in [-0.25, -0.2) is 9.97 Å². The first-order valence-corrected chi connectivity index (χ1v) is 5.55. The van der Waals surface area contributed by atoms with E-state index in [0.717, 1.165) is 17.3 Å². The molecule has 0 amide bonds. The van der Waals surface area contributed by atoms with Crippen LogP contribution in [0.2, 0.25) is 0 Å². The van der Waals surface area contributed by atoms with Gasteiger partial charge in [0.1, 0.15) is 11.4 Å². The molecule has 0 spiro atoms. The largest absolute Gasteiger partial charge is 0.490 e. The summed E-state index contributed by atoms with van der Waals surface area (Å²) in [6, 6.07) is 0. The van der Waals surface area contributed by atoms with Gasteiger partial charge in [0.15, 0.2) is 11.6 Å². The van der Waals surface area contributed by atoms with Crippen molar-refractivity contribution < 1.29 is 4.74 Å². The van der Waals surface area contributed by atoms with Gasteiger partial charge in [0, 0.05) is 12.3 Å². The van der Waals surface area contributed by atoms with Crippen LogP contribution in [0.25, 0.3) is 0 Å². The summed E-state index contributed by atoms with van der Waals surface area (Å²) in [6.07, 6.45) is 1.45. The summed E-state index contributed by atoms with van der Waals surface area (Å²) in [5.74, 6) is 1.90. The van der Waals surface area contributed by atoms with Crippen LogP contribution < -0.4 is 10.5 Å². The average Bonchev–Trinajstić information content (AvgIpc) is 2.17. The third-order valence-corrected chi connectivity index (χ3v) is 2.73. The van der Waals surface area contributed by atoms with Crippen LogP contribution in [0.5, 0.6) is 5.75 Å². The SMILES string of the molecule is COc1c(N)ncnc1SCCN(C)C. The Bertz CT molecular complexity index is 319. The fourth-order valence-corrected chi connectivity index (χ4v) is 2.08. The van der Waals surface area contributed by atoms with Crippen LogP contribution in [-0.2, 0) is 0 Å². The minimum absolute atomic E-state index is 0.389. The maximum atomic E-state index is 5.66. The molecular weight excluding hydrogens is 212 g/mol. The van der Waals surface area contributed by atoms with Crippen molar-refractivity contribution in [1.82, 2.24) is 14.9 Å². The number of nitrogens with zero attached hydrogens (tertiary/aromatic N) is 3. The maximum Gasteiger partial charge on any atom is 0.193 e. The zero-order valence-corrected chi connectivity index (χ0v) is 10.0. The molecule has 0 atom stereocenters. The number of nitrogen functional groups attached to an aromatic ring is 1. The molecule has 0 saturated heterocycles. The number of rotatable bonds is 5. The zero-order chi connectivity index (χ0) is 11.3. The number of ether oxygens (including phenoxy) is 1. The molecule has 0 fully saturated rings. The highest BCUT2D eigenvalue weighted by Crippen LogP contribution is 2.30. The van der Waals surface area contributed by atoms with Crippen molar-refractivity contribution in [3.8, 4) is 5.75 Å². The first kappa shape index (κ1) is 12.1. The van der Waals surface area contributed by atoms with E-state index in [1.807, 2.05) is 14.1 Å². The summed E-state index contributed by atoms with van der Waals surface area (Å²) in [6.45, 7) is 0.984. The number of hydrogen-bond donors (Lipinski definition) is 1. The third-order valence-electron chi connectivity index (χ3n) is 1.78. The van der Waals surface area contributed by atoms with Crippen LogP contribution in [0.3, 0.4) is 0 Å². The highest BCUT2D eigenvalue weighted by molar-refractivity contribution is 7.99. The highest BCUT2D eigenvalue weighted by atomic mass is 32.2. The smallest absolute Gasteiger partial charge is 0.193 e. The van der Waals surface area contributed by atoms with E-state index < -0.39 is 0 Å². The van der Waals surface area contributed by atoms with Crippen LogP contribution in [0.1, 0.15) is 0 Å². The predicted octanol–water partition coefficient (Wildman–Crippen LogP) is 0.721. The Balaban J connectivity index is 2.64. The molecule has 15 heavy (non-hydrogen) atoms. The molecular formula is C9H16N4OS. The standard InChI is InChI=1S/C9H16N4OS/c1-13(2)4-5-15-9-7(14-3)8(10)11-6-12-9/h6H,4-5H2,1-3H3,(H2,10,11,12). The van der Waals surface area contributed by atoms with Crippen LogP contribution in [-0.4, -0.2) is 48.4 Å². The minimum Gasteiger partial charge on any atom is -0.490 e. The highest BCUT2D eigenvalue weighted by Gasteiger charge is 2.09. The van der Waals surface area contributed by atoms with Gasteiger partial charge in [0.05, 0.1) is 7.11 Å². The second-order valence-electron chi connectivity index (χ2n) is 3.25. The van der Waals surface area contributed by atoms with Gasteiger partial charge in [0.2, 0.25) is 0 Å². The van der Waals surface area contributed by atoms with Crippen LogP contribution >= 0.6 is 11.8 Å². The van der Waals surface area contributed by atoms with Gasteiger partial charge in [-0.2, -0.15) is 0 Å². The van der Waals surface area contributed by atoms with Gasteiger partial charge in [-0.15, -0.1) is 11.8 Å². The number of nitrogens with two attached hydrogens (primary N) is 1. The fraction of sp³-hybridized carbons (Fsp3) is 0.556. The van der Waals surface area contributed by atoms with Gasteiger partial charge in [-0.05, 0) is 14.1 Å². The Morgan fingerprint density at radius 1 is 1.47 bits per heavy atom. The molecule has 1 aromatic heterocycles. The molecule has 0 unspecified atom stereocenters. The quantitative estimate of drug-likeness (QED) is 0.592. The second kappa shape index (κ2) is 5.77. The summed E-state index contributed by atoms with van der Waals surface area (Å²) in [5.41, 5.74) is 5.66. The van der Waals surface area contributed by atoms with E-state index in [1.165, 1.54) is 6.33 Å². The van der Waals surface area contributed by atoms with Gasteiger partial charge in [0.25, 0.3) is 0 Å². The zero-order valence-electron chi connectivity index (χ0n) is 9.23. The molecule has 5 nitrogen and oxygen atoms in total.